The summed E-state index contributed by atoms with van der Waals surface area (Å²) in [6.45, 7) is 5.74. The van der Waals surface area contributed by atoms with Crippen LogP contribution in [0.15, 0.2) is 5.16 Å². The van der Waals surface area contributed by atoms with Crippen molar-refractivity contribution in [2.75, 3.05) is 27.2 Å². The Hall–Kier alpha value is -0.690. The number of hydrogen-bond donors (Lipinski definition) is 3. The maximum Gasteiger partial charge on any atom is 0.129 e. The Morgan fingerprint density at radius 3 is 2.50 bits per heavy atom. The number of oxime groups is 1. The molecule has 0 aromatic carbocycles. The van der Waals surface area contributed by atoms with Gasteiger partial charge in [-0.2, -0.15) is 0 Å². The average molecular weight is 423 g/mol. The molecule has 8 atom stereocenters. The highest BCUT2D eigenvalue weighted by Gasteiger charge is 2.71. The van der Waals surface area contributed by atoms with Crippen LogP contribution in [0.25, 0.3) is 0 Å². The first-order valence-corrected chi connectivity index (χ1v) is 12.0. The van der Waals surface area contributed by atoms with E-state index in [0.29, 0.717) is 31.3 Å². The minimum atomic E-state index is -1.13. The smallest absolute Gasteiger partial charge is 0.129 e. The highest BCUT2D eigenvalue weighted by molar-refractivity contribution is 5.71. The maximum absolute atomic E-state index is 12.1. The van der Waals surface area contributed by atoms with Gasteiger partial charge in [-0.3, -0.25) is 0 Å². The Bertz CT molecular complexity index is 672. The molecule has 0 amide bonds. The van der Waals surface area contributed by atoms with Gasteiger partial charge in [0.2, 0.25) is 0 Å². The molecule has 0 unspecified atom stereocenters. The SMILES string of the molecule is CN(C)CCO/N=C/[C@@]1(O)CC[C@]2(O)[C@@H]3CC[C@@H]4C[C@@H](O)CC[C@]4(C)[C@H]3CC[C@]12C. The van der Waals surface area contributed by atoms with E-state index in [1.807, 2.05) is 19.0 Å². The van der Waals surface area contributed by atoms with Crippen LogP contribution in [0.1, 0.15) is 71.6 Å². The van der Waals surface area contributed by atoms with Gasteiger partial charge < -0.3 is 25.1 Å². The molecule has 0 spiro atoms. The van der Waals surface area contributed by atoms with Crippen molar-refractivity contribution < 1.29 is 20.2 Å². The Kier molecular flexibility index (Phi) is 5.79. The molecule has 6 nitrogen and oxygen atoms in total. The van der Waals surface area contributed by atoms with E-state index in [-0.39, 0.29) is 17.4 Å². The van der Waals surface area contributed by atoms with Crippen molar-refractivity contribution in [1.29, 1.82) is 0 Å². The van der Waals surface area contributed by atoms with E-state index >= 15 is 0 Å². The first-order chi connectivity index (χ1) is 14.1. The van der Waals surface area contributed by atoms with Gasteiger partial charge in [0, 0.05) is 12.0 Å². The second-order valence-electron chi connectivity index (χ2n) is 11.5. The van der Waals surface area contributed by atoms with Gasteiger partial charge in [0.05, 0.1) is 17.9 Å². The number of aliphatic hydroxyl groups excluding tert-OH is 1. The summed E-state index contributed by atoms with van der Waals surface area (Å²) in [6.07, 6.45) is 9.32. The molecule has 0 bridgehead atoms. The molecular weight excluding hydrogens is 380 g/mol. The molecular formula is C24H42N2O4. The van der Waals surface area contributed by atoms with Gasteiger partial charge in [0.1, 0.15) is 12.2 Å². The average Bonchev–Trinajstić information content (AvgIpc) is 2.89. The maximum atomic E-state index is 12.1. The van der Waals surface area contributed by atoms with Crippen LogP contribution in [-0.2, 0) is 4.84 Å². The Morgan fingerprint density at radius 1 is 1.00 bits per heavy atom. The molecule has 0 heterocycles. The number of hydrogen-bond acceptors (Lipinski definition) is 6. The zero-order valence-corrected chi connectivity index (χ0v) is 19.3. The van der Waals surface area contributed by atoms with E-state index in [4.69, 9.17) is 4.84 Å². The van der Waals surface area contributed by atoms with Crippen molar-refractivity contribution in [3.63, 3.8) is 0 Å². The van der Waals surface area contributed by atoms with Crippen LogP contribution in [0.2, 0.25) is 0 Å². The quantitative estimate of drug-likeness (QED) is 0.360. The second-order valence-corrected chi connectivity index (χ2v) is 11.5. The zero-order chi connectivity index (χ0) is 21.8. The third kappa shape index (κ3) is 3.25. The van der Waals surface area contributed by atoms with Crippen molar-refractivity contribution in [2.24, 2.45) is 33.7 Å². The Morgan fingerprint density at radius 2 is 1.77 bits per heavy atom. The van der Waals surface area contributed by atoms with Crippen LogP contribution in [0.3, 0.4) is 0 Å². The third-order valence-electron chi connectivity index (χ3n) is 10.0. The first-order valence-electron chi connectivity index (χ1n) is 12.0. The first kappa shape index (κ1) is 22.5. The molecule has 30 heavy (non-hydrogen) atoms. The molecule has 6 heteroatoms. The van der Waals surface area contributed by atoms with E-state index < -0.39 is 16.6 Å². The molecule has 0 aliphatic heterocycles. The minimum Gasteiger partial charge on any atom is -0.395 e. The summed E-state index contributed by atoms with van der Waals surface area (Å²) >= 11 is 0. The molecule has 3 N–H and O–H groups in total. The fraction of sp³-hybridized carbons (Fsp3) is 0.958. The van der Waals surface area contributed by atoms with Crippen LogP contribution in [0.4, 0.5) is 0 Å². The summed E-state index contributed by atoms with van der Waals surface area (Å²) in [5, 5.41) is 38.0. The van der Waals surface area contributed by atoms with Crippen LogP contribution >= 0.6 is 0 Å². The molecule has 4 rings (SSSR count). The summed E-state index contributed by atoms with van der Waals surface area (Å²) in [5.74, 6) is 1.24. The molecule has 0 radical (unpaired) electrons. The van der Waals surface area contributed by atoms with Gasteiger partial charge in [0.25, 0.3) is 0 Å². The van der Waals surface area contributed by atoms with E-state index in [2.05, 4.69) is 19.0 Å². The molecule has 4 fully saturated rings. The largest absolute Gasteiger partial charge is 0.395 e. The zero-order valence-electron chi connectivity index (χ0n) is 19.3. The van der Waals surface area contributed by atoms with Crippen LogP contribution in [0.5, 0.6) is 0 Å². The molecule has 172 valence electrons. The summed E-state index contributed by atoms with van der Waals surface area (Å²) in [5.41, 5.74) is -2.41. The van der Waals surface area contributed by atoms with E-state index in [9.17, 15) is 15.3 Å². The number of fused-ring (bicyclic) bond motifs is 5. The van der Waals surface area contributed by atoms with Gasteiger partial charge in [-0.05, 0) is 95.1 Å². The van der Waals surface area contributed by atoms with Gasteiger partial charge in [-0.1, -0.05) is 19.0 Å². The van der Waals surface area contributed by atoms with Crippen molar-refractivity contribution in [1.82, 2.24) is 4.90 Å². The van der Waals surface area contributed by atoms with Crippen molar-refractivity contribution >= 4 is 6.21 Å². The summed E-state index contributed by atoms with van der Waals surface area (Å²) < 4.78 is 0. The lowest BCUT2D eigenvalue weighted by Gasteiger charge is -2.64. The second kappa shape index (κ2) is 7.72. The van der Waals surface area contributed by atoms with E-state index in [1.54, 1.807) is 6.21 Å². The molecule has 0 aromatic rings. The predicted molar refractivity (Wildman–Crippen MR) is 117 cm³/mol. The van der Waals surface area contributed by atoms with Crippen LogP contribution in [0, 0.1) is 28.6 Å². The number of nitrogens with zero attached hydrogens (tertiary/aromatic N) is 2. The summed E-state index contributed by atoms with van der Waals surface area (Å²) in [4.78, 5) is 7.43. The van der Waals surface area contributed by atoms with Crippen molar-refractivity contribution in [3.05, 3.63) is 0 Å². The third-order valence-corrected chi connectivity index (χ3v) is 10.0. The predicted octanol–water partition coefficient (Wildman–Crippen LogP) is 2.80. The molecule has 0 saturated heterocycles. The fourth-order valence-electron chi connectivity index (χ4n) is 7.86. The Labute approximate surface area is 181 Å². The number of likely N-dealkylation sites (N-methyl/N-ethyl adjacent to an activating group) is 1. The summed E-state index contributed by atoms with van der Waals surface area (Å²) in [7, 11) is 3.97. The molecule has 4 saturated carbocycles. The van der Waals surface area contributed by atoms with Crippen LogP contribution in [-0.4, -0.2) is 71.0 Å². The van der Waals surface area contributed by atoms with Crippen LogP contribution < -0.4 is 0 Å². The van der Waals surface area contributed by atoms with E-state index in [1.165, 1.54) is 0 Å². The monoisotopic (exact) mass is 422 g/mol. The van der Waals surface area contributed by atoms with E-state index in [0.717, 1.165) is 51.5 Å². The fourth-order valence-corrected chi connectivity index (χ4v) is 7.86. The van der Waals surface area contributed by atoms with Crippen molar-refractivity contribution in [3.8, 4) is 0 Å². The highest BCUT2D eigenvalue weighted by Crippen LogP contribution is 2.69. The van der Waals surface area contributed by atoms with Gasteiger partial charge >= 0.3 is 0 Å². The van der Waals surface area contributed by atoms with Gasteiger partial charge in [0.15, 0.2) is 0 Å². The van der Waals surface area contributed by atoms with Gasteiger partial charge in [-0.25, -0.2) is 0 Å². The highest BCUT2D eigenvalue weighted by atomic mass is 16.6. The topological polar surface area (TPSA) is 85.5 Å². The molecule has 4 aliphatic rings. The molecule has 4 aliphatic carbocycles. The standard InChI is InChI=1S/C24H42N2O4/c1-21-9-7-18(27)15-17(21)5-6-20-19(21)8-10-22(2)23(28,11-12-24(20,22)29)16-25-30-14-13-26(3)4/h16-20,27-29H,5-15H2,1-4H3/b25-16+/t17-,18+,19+,20-,21+,22-,23+,24+/m1/s1. The van der Waals surface area contributed by atoms with Crippen molar-refractivity contribution in [2.45, 2.75) is 88.9 Å². The number of aliphatic hydroxyl groups is 3. The lowest BCUT2D eigenvalue weighted by Crippen LogP contribution is -2.65. The lowest BCUT2D eigenvalue weighted by molar-refractivity contribution is -0.224. The lowest BCUT2D eigenvalue weighted by atomic mass is 9.43. The summed E-state index contributed by atoms with van der Waals surface area (Å²) in [6, 6.07) is 0. The molecule has 0 aromatic heterocycles. The number of rotatable bonds is 5. The minimum absolute atomic E-state index is 0.156. The van der Waals surface area contributed by atoms with Gasteiger partial charge in [-0.15, -0.1) is 0 Å². The Balaban J connectivity index is 1.53. The normalized spacial score (nSPS) is 50.9.